The van der Waals surface area contributed by atoms with Gasteiger partial charge in [0, 0.05) is 31.0 Å². The molecule has 172 valence electrons. The van der Waals surface area contributed by atoms with E-state index >= 15 is 0 Å². The van der Waals surface area contributed by atoms with Gasteiger partial charge in [-0.3, -0.25) is 0 Å². The minimum Gasteiger partial charge on any atom is -0.481 e. The van der Waals surface area contributed by atoms with Crippen LogP contribution < -0.4 is 21.5 Å². The lowest BCUT2D eigenvalue weighted by Crippen LogP contribution is -2.31. The molecular formula is C23H38N5O2P. The Bertz CT molecular complexity index is 680. The van der Waals surface area contributed by atoms with Crippen molar-refractivity contribution in [2.24, 2.45) is 11.5 Å². The van der Waals surface area contributed by atoms with E-state index in [-0.39, 0.29) is 0 Å². The summed E-state index contributed by atoms with van der Waals surface area (Å²) in [5.74, 6) is 0.660. The zero-order valence-electron chi connectivity index (χ0n) is 18.6. The molecule has 5 N–H and O–H groups in total. The number of likely N-dealkylation sites (tertiary alicyclic amines) is 1. The number of urea groups is 1. The second-order valence-electron chi connectivity index (χ2n) is 7.15. The van der Waals surface area contributed by atoms with Crippen LogP contribution in [0, 0.1) is 0 Å². The molecular weight excluding hydrogens is 409 g/mol. The predicted octanol–water partition coefficient (Wildman–Crippen LogP) is 3.51. The quantitative estimate of drug-likeness (QED) is 0.625. The molecule has 1 saturated heterocycles. The van der Waals surface area contributed by atoms with Crippen LogP contribution in [-0.2, 0) is 6.42 Å². The van der Waals surface area contributed by atoms with Gasteiger partial charge in [-0.2, -0.15) is 0 Å². The molecule has 7 nitrogen and oxygen atoms in total. The molecule has 8 heteroatoms. The Hall–Kier alpha value is -2.37. The van der Waals surface area contributed by atoms with E-state index in [1.807, 2.05) is 12.1 Å². The predicted molar refractivity (Wildman–Crippen MR) is 133 cm³/mol. The van der Waals surface area contributed by atoms with Crippen molar-refractivity contribution in [1.82, 2.24) is 9.88 Å². The average Bonchev–Trinajstić information content (AvgIpc) is 2.81. The monoisotopic (exact) mass is 447 g/mol. The molecule has 31 heavy (non-hydrogen) atoms. The summed E-state index contributed by atoms with van der Waals surface area (Å²) < 4.78 is 4.80. The average molecular weight is 448 g/mol. The van der Waals surface area contributed by atoms with Gasteiger partial charge in [-0.05, 0) is 62.6 Å². The zero-order valence-corrected chi connectivity index (χ0v) is 19.8. The minimum absolute atomic E-state index is 0.660. The highest BCUT2D eigenvalue weighted by Gasteiger charge is 2.07. The maximum absolute atomic E-state index is 9.00. The van der Waals surface area contributed by atoms with Gasteiger partial charge in [-0.1, -0.05) is 30.7 Å². The Kier molecular flexibility index (Phi) is 14.9. The van der Waals surface area contributed by atoms with Gasteiger partial charge in [-0.15, -0.1) is 9.24 Å². The topological polar surface area (TPSA) is 106 Å². The maximum atomic E-state index is 9.00. The molecule has 1 aromatic heterocycles. The van der Waals surface area contributed by atoms with E-state index in [4.69, 9.17) is 9.53 Å². The first-order chi connectivity index (χ1) is 15.1. The number of pyridine rings is 1. The molecule has 0 radical (unpaired) electrons. The van der Waals surface area contributed by atoms with Gasteiger partial charge in [-0.25, -0.2) is 9.78 Å². The molecule has 2 aliphatic heterocycles. The summed E-state index contributed by atoms with van der Waals surface area (Å²) in [6.07, 6.45) is 9.74. The molecule has 1 unspecified atom stereocenters. The molecule has 0 aliphatic carbocycles. The highest BCUT2D eigenvalue weighted by atomic mass is 31.0. The highest BCUT2D eigenvalue weighted by Crippen LogP contribution is 2.20. The molecule has 3 heterocycles. The van der Waals surface area contributed by atoms with E-state index in [1.165, 1.54) is 69.2 Å². The molecule has 0 bridgehead atoms. The number of fused-ring (bicyclic) bond motifs is 1. The van der Waals surface area contributed by atoms with Crippen molar-refractivity contribution in [3.8, 4) is 5.88 Å². The third kappa shape index (κ3) is 13.5. The van der Waals surface area contributed by atoms with Crippen molar-refractivity contribution >= 4 is 21.0 Å². The summed E-state index contributed by atoms with van der Waals surface area (Å²) in [5.41, 5.74) is 11.3. The number of para-hydroxylation sites is 1. The molecule has 4 rings (SSSR count). The first kappa shape index (κ1) is 26.7. The summed E-state index contributed by atoms with van der Waals surface area (Å²) in [6, 6.07) is 13.2. The SMILES string of the molecule is COc1ccccn1.NC(N)=O.PCCN1CCCCC1.c1ccc2c(c1)CCCN2. The number of hydrogen-bond donors (Lipinski definition) is 3. The normalized spacial score (nSPS) is 14.5. The van der Waals surface area contributed by atoms with E-state index in [1.54, 1.807) is 19.4 Å². The molecule has 1 fully saturated rings. The number of carbonyl (C=O) groups is 1. The molecule has 0 spiro atoms. The number of aryl methyl sites for hydroxylation is 1. The number of nitrogens with zero attached hydrogens (tertiary/aromatic N) is 2. The fourth-order valence-corrected chi connectivity index (χ4v) is 3.61. The van der Waals surface area contributed by atoms with Crippen LogP contribution in [0.2, 0.25) is 0 Å². The second kappa shape index (κ2) is 17.3. The molecule has 1 atom stereocenters. The van der Waals surface area contributed by atoms with Crippen molar-refractivity contribution in [2.45, 2.75) is 32.1 Å². The fraction of sp³-hybridized carbons (Fsp3) is 0.478. The molecule has 2 amide bonds. The number of aromatic nitrogens is 1. The van der Waals surface area contributed by atoms with Crippen molar-refractivity contribution < 1.29 is 9.53 Å². The minimum atomic E-state index is -0.833. The smallest absolute Gasteiger partial charge is 0.309 e. The Morgan fingerprint density at radius 3 is 2.32 bits per heavy atom. The van der Waals surface area contributed by atoms with E-state index in [2.05, 4.69) is 60.2 Å². The van der Waals surface area contributed by atoms with Gasteiger partial charge >= 0.3 is 6.03 Å². The number of rotatable bonds is 3. The number of benzene rings is 1. The van der Waals surface area contributed by atoms with Crippen LogP contribution in [0.5, 0.6) is 5.88 Å². The Morgan fingerprint density at radius 2 is 1.77 bits per heavy atom. The second-order valence-corrected chi connectivity index (χ2v) is 7.73. The van der Waals surface area contributed by atoms with Gasteiger partial charge in [0.1, 0.15) is 0 Å². The third-order valence-electron chi connectivity index (χ3n) is 4.70. The number of piperidine rings is 1. The maximum Gasteiger partial charge on any atom is 0.309 e. The lowest BCUT2D eigenvalue weighted by Gasteiger charge is -2.25. The van der Waals surface area contributed by atoms with Gasteiger partial charge in [0.15, 0.2) is 0 Å². The molecule has 0 saturated carbocycles. The van der Waals surface area contributed by atoms with E-state index < -0.39 is 6.03 Å². The van der Waals surface area contributed by atoms with E-state index in [9.17, 15) is 0 Å². The van der Waals surface area contributed by atoms with Crippen LogP contribution in [0.3, 0.4) is 0 Å². The number of anilines is 1. The number of nitrogens with one attached hydrogen (secondary N) is 1. The lowest BCUT2D eigenvalue weighted by atomic mass is 10.0. The van der Waals surface area contributed by atoms with Gasteiger partial charge < -0.3 is 26.4 Å². The zero-order chi connectivity index (χ0) is 22.7. The first-order valence-corrected chi connectivity index (χ1v) is 11.6. The Labute approximate surface area is 189 Å². The van der Waals surface area contributed by atoms with Crippen molar-refractivity contribution in [2.75, 3.05) is 44.8 Å². The van der Waals surface area contributed by atoms with Gasteiger partial charge in [0.2, 0.25) is 5.88 Å². The van der Waals surface area contributed by atoms with E-state index in [0.29, 0.717) is 5.88 Å². The van der Waals surface area contributed by atoms with Crippen LogP contribution in [0.25, 0.3) is 0 Å². The number of carbonyl (C=O) groups excluding carboxylic acids is 1. The number of hydrogen-bond acceptors (Lipinski definition) is 5. The summed E-state index contributed by atoms with van der Waals surface area (Å²) in [4.78, 5) is 15.4. The Morgan fingerprint density at radius 1 is 1.10 bits per heavy atom. The highest BCUT2D eigenvalue weighted by molar-refractivity contribution is 7.16. The van der Waals surface area contributed by atoms with Crippen LogP contribution in [-0.4, -0.2) is 55.4 Å². The molecule has 2 aliphatic rings. The number of primary amides is 2. The first-order valence-electron chi connectivity index (χ1n) is 10.8. The summed E-state index contributed by atoms with van der Waals surface area (Å²) in [5, 5.41) is 3.36. The fourth-order valence-electron chi connectivity index (χ4n) is 3.25. The lowest BCUT2D eigenvalue weighted by molar-refractivity contribution is 0.242. The summed E-state index contributed by atoms with van der Waals surface area (Å²) >= 11 is 0. The number of methoxy groups -OCH3 is 1. The third-order valence-corrected chi connectivity index (χ3v) is 4.95. The van der Waals surface area contributed by atoms with Crippen molar-refractivity contribution in [3.05, 3.63) is 54.2 Å². The standard InChI is InChI=1S/C9H11N.C7H16NP.C6H7NO.CH4N2O/c1-2-6-9-8(4-1)5-3-7-10-9;9-7-6-8-4-2-1-3-5-8;1-8-6-4-2-3-5-7-6;2-1(3)4/h1-2,4,6,10H,3,5,7H2;1-7,9H2;2-5H,1H3;(H4,2,3,4). The van der Waals surface area contributed by atoms with Crippen LogP contribution in [0.15, 0.2) is 48.7 Å². The Balaban J connectivity index is 0.000000216. The van der Waals surface area contributed by atoms with Crippen LogP contribution in [0.4, 0.5) is 10.5 Å². The van der Waals surface area contributed by atoms with Crippen molar-refractivity contribution in [1.29, 1.82) is 0 Å². The van der Waals surface area contributed by atoms with Crippen LogP contribution >= 0.6 is 9.24 Å². The largest absolute Gasteiger partial charge is 0.481 e. The van der Waals surface area contributed by atoms with Crippen molar-refractivity contribution in [3.63, 3.8) is 0 Å². The van der Waals surface area contributed by atoms with Gasteiger partial charge in [0.25, 0.3) is 0 Å². The molecule has 1 aromatic carbocycles. The van der Waals surface area contributed by atoms with Gasteiger partial charge in [0.05, 0.1) is 7.11 Å². The number of amides is 2. The van der Waals surface area contributed by atoms with Crippen LogP contribution in [0.1, 0.15) is 31.2 Å². The summed E-state index contributed by atoms with van der Waals surface area (Å²) in [7, 11) is 4.38. The number of nitrogens with two attached hydrogens (primary N) is 2. The molecule has 2 aromatic rings. The summed E-state index contributed by atoms with van der Waals surface area (Å²) in [6.45, 7) is 5.10. The number of ether oxygens (including phenoxy) is 1. The van der Waals surface area contributed by atoms with E-state index in [0.717, 1.165) is 6.54 Å².